The molecule has 2 N–H and O–H groups in total. The molecule has 2 fully saturated rings. The van der Waals surface area contributed by atoms with Gasteiger partial charge in [-0.3, -0.25) is 19.5 Å². The number of para-hydroxylation sites is 1. The van der Waals surface area contributed by atoms with Gasteiger partial charge in [0.25, 0.3) is 0 Å². The molecule has 32 heavy (non-hydrogen) atoms. The first kappa shape index (κ1) is 23.1. The maximum absolute atomic E-state index is 12.8. The van der Waals surface area contributed by atoms with E-state index < -0.39 is 0 Å². The Morgan fingerprint density at radius 1 is 1.03 bits per heavy atom. The lowest BCUT2D eigenvalue weighted by molar-refractivity contribution is -0.140. The highest BCUT2D eigenvalue weighted by Gasteiger charge is 2.58. The molecule has 5 unspecified atom stereocenters. The van der Waals surface area contributed by atoms with Crippen LogP contribution in [0, 0.1) is 23.7 Å². The van der Waals surface area contributed by atoms with Gasteiger partial charge in [0.05, 0.1) is 11.8 Å². The maximum Gasteiger partial charge on any atom is 0.233 e. The number of amides is 2. The van der Waals surface area contributed by atoms with Crippen molar-refractivity contribution in [1.82, 2.24) is 15.5 Å². The van der Waals surface area contributed by atoms with Crippen molar-refractivity contribution in [3.8, 4) is 0 Å². The fourth-order valence-electron chi connectivity index (χ4n) is 5.96. The number of likely N-dealkylation sites (tertiary alicyclic amines) is 1. The summed E-state index contributed by atoms with van der Waals surface area (Å²) in [5.41, 5.74) is 2.73. The van der Waals surface area contributed by atoms with Crippen LogP contribution < -0.4 is 15.5 Å². The van der Waals surface area contributed by atoms with E-state index in [0.717, 1.165) is 25.9 Å². The Morgan fingerprint density at radius 3 is 2.31 bits per heavy atom. The normalized spacial score (nSPS) is 29.9. The SMILES string of the molecule is CN=C(NCCN1C(=O)C2C3C=CC(C3)C2C1=O)NCCN1c2ccccc2CC1C.I. The standard InChI is InChI=1S/C24H31N5O2.HI/c1-15-13-16-5-3-4-6-19(16)28(15)11-9-26-24(25-2)27-10-12-29-22(30)20-17-7-8-18(14-17)21(20)23(29)31;/h3-8,15,17-18,20-21H,9-14H2,1-2H3,(H2,25,26,27);1H. The van der Waals surface area contributed by atoms with Crippen LogP contribution in [0.3, 0.4) is 0 Å². The van der Waals surface area contributed by atoms with Crippen LogP contribution in [-0.4, -0.2) is 61.9 Å². The number of anilines is 1. The van der Waals surface area contributed by atoms with Gasteiger partial charge in [0, 0.05) is 45.0 Å². The summed E-state index contributed by atoms with van der Waals surface area (Å²) < 4.78 is 0. The van der Waals surface area contributed by atoms with Crippen molar-refractivity contribution in [1.29, 1.82) is 0 Å². The van der Waals surface area contributed by atoms with Gasteiger partial charge in [-0.2, -0.15) is 0 Å². The molecule has 0 spiro atoms. The van der Waals surface area contributed by atoms with E-state index in [1.54, 1.807) is 7.05 Å². The summed E-state index contributed by atoms with van der Waals surface area (Å²) in [6.07, 6.45) is 6.31. The molecule has 2 aliphatic heterocycles. The second kappa shape index (κ2) is 9.41. The number of hydrogen-bond donors (Lipinski definition) is 2. The van der Waals surface area contributed by atoms with Crippen LogP contribution in [0.25, 0.3) is 0 Å². The highest BCUT2D eigenvalue weighted by atomic mass is 127. The van der Waals surface area contributed by atoms with E-state index in [0.29, 0.717) is 25.1 Å². The minimum absolute atomic E-state index is 0. The topological polar surface area (TPSA) is 77.0 Å². The number of aliphatic imine (C=N–C) groups is 1. The lowest BCUT2D eigenvalue weighted by Crippen LogP contribution is -2.46. The molecular formula is C24H32IN5O2. The summed E-state index contributed by atoms with van der Waals surface area (Å²) in [5.74, 6) is 1.00. The molecule has 1 saturated carbocycles. The Bertz CT molecular complexity index is 918. The average Bonchev–Trinajstić information content (AvgIpc) is 3.51. The zero-order valence-electron chi connectivity index (χ0n) is 18.7. The summed E-state index contributed by atoms with van der Waals surface area (Å²) in [5, 5.41) is 6.61. The van der Waals surface area contributed by atoms with Crippen molar-refractivity contribution in [2.24, 2.45) is 28.7 Å². The van der Waals surface area contributed by atoms with Crippen LogP contribution in [0.5, 0.6) is 0 Å². The predicted octanol–water partition coefficient (Wildman–Crippen LogP) is 2.03. The van der Waals surface area contributed by atoms with E-state index in [4.69, 9.17) is 0 Å². The predicted molar refractivity (Wildman–Crippen MR) is 136 cm³/mol. The number of nitrogens with zero attached hydrogens (tertiary/aromatic N) is 3. The molecule has 0 aromatic heterocycles. The highest BCUT2D eigenvalue weighted by Crippen LogP contribution is 2.52. The molecule has 5 atom stereocenters. The molecule has 2 amide bonds. The Kier molecular flexibility index (Phi) is 6.78. The fourth-order valence-corrected chi connectivity index (χ4v) is 5.96. The number of hydrogen-bond acceptors (Lipinski definition) is 4. The smallest absolute Gasteiger partial charge is 0.233 e. The minimum Gasteiger partial charge on any atom is -0.367 e. The van der Waals surface area contributed by atoms with Gasteiger partial charge in [0.1, 0.15) is 0 Å². The first-order valence-corrected chi connectivity index (χ1v) is 11.4. The third-order valence-electron chi connectivity index (χ3n) is 7.41. The van der Waals surface area contributed by atoms with Crippen molar-refractivity contribution in [2.45, 2.75) is 25.8 Å². The third-order valence-corrected chi connectivity index (χ3v) is 7.41. The summed E-state index contributed by atoms with van der Waals surface area (Å²) >= 11 is 0. The summed E-state index contributed by atoms with van der Waals surface area (Å²) in [6, 6.07) is 9.08. The molecule has 5 rings (SSSR count). The van der Waals surface area contributed by atoms with Gasteiger partial charge in [0.2, 0.25) is 11.8 Å². The van der Waals surface area contributed by atoms with Gasteiger partial charge in [-0.05, 0) is 43.2 Å². The van der Waals surface area contributed by atoms with Crippen molar-refractivity contribution in [3.05, 3.63) is 42.0 Å². The molecule has 7 nitrogen and oxygen atoms in total. The van der Waals surface area contributed by atoms with Crippen molar-refractivity contribution < 1.29 is 9.59 Å². The second-order valence-electron chi connectivity index (χ2n) is 9.13. The summed E-state index contributed by atoms with van der Waals surface area (Å²) in [4.78, 5) is 33.7. The van der Waals surface area contributed by atoms with E-state index in [-0.39, 0.29) is 59.5 Å². The summed E-state index contributed by atoms with van der Waals surface area (Å²) in [7, 11) is 1.74. The van der Waals surface area contributed by atoms with Gasteiger partial charge >= 0.3 is 0 Å². The molecular weight excluding hydrogens is 517 g/mol. The number of halogens is 1. The molecule has 4 aliphatic rings. The number of rotatable bonds is 6. The Labute approximate surface area is 206 Å². The van der Waals surface area contributed by atoms with E-state index >= 15 is 0 Å². The lowest BCUT2D eigenvalue weighted by Gasteiger charge is -2.25. The molecule has 1 aromatic carbocycles. The maximum atomic E-state index is 12.8. The molecule has 2 bridgehead atoms. The number of imide groups is 1. The van der Waals surface area contributed by atoms with Crippen molar-refractivity contribution in [3.63, 3.8) is 0 Å². The first-order chi connectivity index (χ1) is 15.1. The quantitative estimate of drug-likeness (QED) is 0.187. The molecule has 0 radical (unpaired) electrons. The molecule has 1 aromatic rings. The fraction of sp³-hybridized carbons (Fsp3) is 0.542. The van der Waals surface area contributed by atoms with Crippen molar-refractivity contribution in [2.75, 3.05) is 38.1 Å². The van der Waals surface area contributed by atoms with Gasteiger partial charge in [-0.1, -0.05) is 30.4 Å². The van der Waals surface area contributed by atoms with Gasteiger partial charge in [-0.25, -0.2) is 0 Å². The molecule has 2 aliphatic carbocycles. The Morgan fingerprint density at radius 2 is 1.66 bits per heavy atom. The van der Waals surface area contributed by atoms with Gasteiger partial charge in [0.15, 0.2) is 5.96 Å². The minimum atomic E-state index is -0.120. The molecule has 2 heterocycles. The van der Waals surface area contributed by atoms with E-state index in [1.807, 2.05) is 0 Å². The number of fused-ring (bicyclic) bond motifs is 6. The molecule has 172 valence electrons. The average molecular weight is 549 g/mol. The van der Waals surface area contributed by atoms with Crippen LogP contribution in [-0.2, 0) is 16.0 Å². The van der Waals surface area contributed by atoms with Crippen LogP contribution in [0.4, 0.5) is 5.69 Å². The van der Waals surface area contributed by atoms with Gasteiger partial charge < -0.3 is 15.5 Å². The zero-order chi connectivity index (χ0) is 21.5. The third kappa shape index (κ3) is 3.91. The number of benzene rings is 1. The number of carbonyl (C=O) groups is 2. The first-order valence-electron chi connectivity index (χ1n) is 11.4. The van der Waals surface area contributed by atoms with E-state index in [2.05, 4.69) is 63.9 Å². The number of nitrogens with one attached hydrogen (secondary N) is 2. The summed E-state index contributed by atoms with van der Waals surface area (Å²) in [6.45, 7) is 4.80. The largest absolute Gasteiger partial charge is 0.367 e. The Balaban J connectivity index is 0.00000245. The highest BCUT2D eigenvalue weighted by molar-refractivity contribution is 14.0. The van der Waals surface area contributed by atoms with Crippen LogP contribution >= 0.6 is 24.0 Å². The molecule has 8 heteroatoms. The van der Waals surface area contributed by atoms with Crippen molar-refractivity contribution >= 4 is 47.4 Å². The zero-order valence-corrected chi connectivity index (χ0v) is 21.0. The van der Waals surface area contributed by atoms with E-state index in [1.165, 1.54) is 16.2 Å². The lowest BCUT2D eigenvalue weighted by atomic mass is 9.85. The van der Waals surface area contributed by atoms with Crippen LogP contribution in [0.15, 0.2) is 41.4 Å². The van der Waals surface area contributed by atoms with Crippen LogP contribution in [0.2, 0.25) is 0 Å². The van der Waals surface area contributed by atoms with E-state index in [9.17, 15) is 9.59 Å². The van der Waals surface area contributed by atoms with Gasteiger partial charge in [-0.15, -0.1) is 24.0 Å². The monoisotopic (exact) mass is 549 g/mol. The number of guanidine groups is 1. The van der Waals surface area contributed by atoms with Crippen LogP contribution in [0.1, 0.15) is 18.9 Å². The number of carbonyl (C=O) groups excluding carboxylic acids is 2. The second-order valence-corrected chi connectivity index (χ2v) is 9.13. The molecule has 1 saturated heterocycles. The Hall–Kier alpha value is -2.10. The number of allylic oxidation sites excluding steroid dienone is 2.